The Kier molecular flexibility index (Phi) is 6.69. The number of carbonyl (C=O) groups excluding carboxylic acids is 1. The van der Waals surface area contributed by atoms with E-state index in [2.05, 4.69) is 29.6 Å². The molecule has 1 aliphatic rings. The quantitative estimate of drug-likeness (QED) is 0.612. The molecule has 2 aromatic rings. The molecule has 3 rings (SSSR count). The van der Waals surface area contributed by atoms with Gasteiger partial charge in [-0.2, -0.15) is 5.26 Å². The number of amides is 1. The van der Waals surface area contributed by atoms with Gasteiger partial charge in [0.1, 0.15) is 17.4 Å². The molecule has 5 nitrogen and oxygen atoms in total. The zero-order valence-corrected chi connectivity index (χ0v) is 16.1. The highest BCUT2D eigenvalue weighted by atomic mass is 16.5. The molecule has 0 atom stereocenters. The largest absolute Gasteiger partial charge is 0.497 e. The van der Waals surface area contributed by atoms with Gasteiger partial charge in [0.2, 0.25) is 0 Å². The average Bonchev–Trinajstić information content (AvgIpc) is 2.75. The molecule has 0 radical (unpaired) electrons. The number of hydrogen-bond donors (Lipinski definition) is 1. The summed E-state index contributed by atoms with van der Waals surface area (Å²) in [6.07, 6.45) is 4.46. The van der Waals surface area contributed by atoms with Crippen LogP contribution in [0.5, 0.6) is 5.75 Å². The number of hydrogen-bond acceptors (Lipinski definition) is 4. The predicted octanol–water partition coefficient (Wildman–Crippen LogP) is 4.00. The van der Waals surface area contributed by atoms with E-state index in [0.717, 1.165) is 30.7 Å². The number of likely N-dealkylation sites (tertiary alicyclic amines) is 1. The van der Waals surface area contributed by atoms with Gasteiger partial charge in [-0.05, 0) is 55.0 Å². The summed E-state index contributed by atoms with van der Waals surface area (Å²) >= 11 is 0. The molecule has 0 aliphatic carbocycles. The van der Waals surface area contributed by atoms with Gasteiger partial charge < -0.3 is 15.0 Å². The van der Waals surface area contributed by atoms with E-state index in [4.69, 9.17) is 4.74 Å². The third kappa shape index (κ3) is 5.14. The highest BCUT2D eigenvalue weighted by Gasteiger charge is 2.25. The number of rotatable bonds is 6. The third-order valence-corrected chi connectivity index (χ3v) is 5.09. The van der Waals surface area contributed by atoms with Crippen LogP contribution in [-0.2, 0) is 11.2 Å². The summed E-state index contributed by atoms with van der Waals surface area (Å²) in [6, 6.07) is 19.8. The molecule has 1 N–H and O–H groups in total. The maximum Gasteiger partial charge on any atom is 0.266 e. The van der Waals surface area contributed by atoms with E-state index in [-0.39, 0.29) is 11.5 Å². The number of nitriles is 1. The zero-order valence-electron chi connectivity index (χ0n) is 16.1. The van der Waals surface area contributed by atoms with Gasteiger partial charge in [0.25, 0.3) is 5.91 Å². The second-order valence-corrected chi connectivity index (χ2v) is 6.97. The predicted molar refractivity (Wildman–Crippen MR) is 110 cm³/mol. The van der Waals surface area contributed by atoms with Crippen molar-refractivity contribution in [2.45, 2.75) is 19.3 Å². The Bertz CT molecular complexity index is 846. The van der Waals surface area contributed by atoms with Crippen LogP contribution in [-0.4, -0.2) is 31.0 Å². The molecule has 0 aromatic heterocycles. The fraction of sp³-hybridized carbons (Fsp3) is 0.304. The van der Waals surface area contributed by atoms with E-state index in [0.29, 0.717) is 19.0 Å². The van der Waals surface area contributed by atoms with Gasteiger partial charge in [-0.25, -0.2) is 0 Å². The standard InChI is InChI=1S/C23H25N3O2/c1-28-22-9-7-21(8-10-22)25-17-20(16-24)23(27)26-13-11-19(12-14-26)15-18-5-3-2-4-6-18/h2-10,17,19,25H,11-15H2,1H3/b20-17-. The van der Waals surface area contributed by atoms with Crippen LogP contribution in [0, 0.1) is 17.2 Å². The second-order valence-electron chi connectivity index (χ2n) is 6.97. The number of methoxy groups -OCH3 is 1. The van der Waals surface area contributed by atoms with Crippen LogP contribution in [0.25, 0.3) is 0 Å². The van der Waals surface area contributed by atoms with Gasteiger partial charge in [-0.3, -0.25) is 4.79 Å². The summed E-state index contributed by atoms with van der Waals surface area (Å²) in [7, 11) is 1.61. The first-order chi connectivity index (χ1) is 13.7. The van der Waals surface area contributed by atoms with Crippen molar-refractivity contribution in [2.24, 2.45) is 5.92 Å². The Labute approximate surface area is 166 Å². The Morgan fingerprint density at radius 3 is 2.46 bits per heavy atom. The van der Waals surface area contributed by atoms with Gasteiger partial charge in [-0.15, -0.1) is 0 Å². The monoisotopic (exact) mass is 375 g/mol. The summed E-state index contributed by atoms with van der Waals surface area (Å²) in [5, 5.41) is 12.4. The number of carbonyl (C=O) groups is 1. The zero-order chi connectivity index (χ0) is 19.8. The summed E-state index contributed by atoms with van der Waals surface area (Å²) in [5.74, 6) is 1.13. The lowest BCUT2D eigenvalue weighted by atomic mass is 9.90. The van der Waals surface area contributed by atoms with Crippen molar-refractivity contribution in [3.63, 3.8) is 0 Å². The van der Waals surface area contributed by atoms with Crippen LogP contribution >= 0.6 is 0 Å². The number of benzene rings is 2. The third-order valence-electron chi connectivity index (χ3n) is 5.09. The van der Waals surface area contributed by atoms with Crippen molar-refractivity contribution in [1.82, 2.24) is 4.90 Å². The number of nitrogens with one attached hydrogen (secondary N) is 1. The first-order valence-electron chi connectivity index (χ1n) is 9.53. The number of ether oxygens (including phenoxy) is 1. The fourth-order valence-corrected chi connectivity index (χ4v) is 3.44. The second kappa shape index (κ2) is 9.61. The lowest BCUT2D eigenvalue weighted by molar-refractivity contribution is -0.128. The minimum absolute atomic E-state index is 0.123. The van der Waals surface area contributed by atoms with Crippen LogP contribution in [0.3, 0.4) is 0 Å². The Morgan fingerprint density at radius 1 is 1.18 bits per heavy atom. The van der Waals surface area contributed by atoms with E-state index in [1.54, 1.807) is 12.0 Å². The molecular formula is C23H25N3O2. The molecule has 0 saturated carbocycles. The van der Waals surface area contributed by atoms with E-state index in [1.165, 1.54) is 11.8 Å². The van der Waals surface area contributed by atoms with Crippen molar-refractivity contribution in [3.8, 4) is 11.8 Å². The van der Waals surface area contributed by atoms with Crippen LogP contribution < -0.4 is 10.1 Å². The summed E-state index contributed by atoms with van der Waals surface area (Å²) in [6.45, 7) is 1.38. The maximum atomic E-state index is 12.7. The van der Waals surface area contributed by atoms with Gasteiger partial charge in [0.05, 0.1) is 7.11 Å². The van der Waals surface area contributed by atoms with Gasteiger partial charge in [0.15, 0.2) is 0 Å². The Morgan fingerprint density at radius 2 is 1.86 bits per heavy atom. The van der Waals surface area contributed by atoms with Gasteiger partial charge >= 0.3 is 0 Å². The molecular weight excluding hydrogens is 350 g/mol. The smallest absolute Gasteiger partial charge is 0.266 e. The molecule has 5 heteroatoms. The maximum absolute atomic E-state index is 12.7. The van der Waals surface area contributed by atoms with Crippen LogP contribution in [0.1, 0.15) is 18.4 Å². The molecule has 2 aromatic carbocycles. The van der Waals surface area contributed by atoms with E-state index >= 15 is 0 Å². The van der Waals surface area contributed by atoms with Crippen LogP contribution in [0.4, 0.5) is 5.69 Å². The average molecular weight is 375 g/mol. The normalized spacial score (nSPS) is 15.0. The minimum atomic E-state index is -0.207. The molecule has 1 heterocycles. The highest BCUT2D eigenvalue weighted by Crippen LogP contribution is 2.23. The Balaban J connectivity index is 1.54. The summed E-state index contributed by atoms with van der Waals surface area (Å²) in [5.41, 5.74) is 2.26. The topological polar surface area (TPSA) is 65.4 Å². The molecule has 144 valence electrons. The lowest BCUT2D eigenvalue weighted by Gasteiger charge is -2.32. The van der Waals surface area contributed by atoms with Crippen molar-refractivity contribution < 1.29 is 9.53 Å². The van der Waals surface area contributed by atoms with Gasteiger partial charge in [-0.1, -0.05) is 30.3 Å². The molecule has 0 bridgehead atoms. The molecule has 1 saturated heterocycles. The van der Waals surface area contributed by atoms with E-state index < -0.39 is 0 Å². The molecule has 1 fully saturated rings. The Hall–Kier alpha value is -3.26. The van der Waals surface area contributed by atoms with Crippen molar-refractivity contribution >= 4 is 11.6 Å². The molecule has 1 amide bonds. The molecule has 1 aliphatic heterocycles. The lowest BCUT2D eigenvalue weighted by Crippen LogP contribution is -2.39. The van der Waals surface area contributed by atoms with E-state index in [1.807, 2.05) is 36.4 Å². The number of nitrogens with zero attached hydrogens (tertiary/aromatic N) is 2. The SMILES string of the molecule is COc1ccc(N/C=C(/C#N)C(=O)N2CCC(Cc3ccccc3)CC2)cc1. The van der Waals surface area contributed by atoms with E-state index in [9.17, 15) is 10.1 Å². The molecule has 0 unspecified atom stereocenters. The summed E-state index contributed by atoms with van der Waals surface area (Å²) < 4.78 is 5.12. The molecule has 28 heavy (non-hydrogen) atoms. The number of anilines is 1. The summed E-state index contributed by atoms with van der Waals surface area (Å²) in [4.78, 5) is 14.5. The first-order valence-corrected chi connectivity index (χ1v) is 9.53. The van der Waals surface area contributed by atoms with Crippen molar-refractivity contribution in [3.05, 3.63) is 71.9 Å². The molecule has 0 spiro atoms. The fourth-order valence-electron chi connectivity index (χ4n) is 3.44. The van der Waals surface area contributed by atoms with Crippen molar-refractivity contribution in [2.75, 3.05) is 25.5 Å². The van der Waals surface area contributed by atoms with Crippen LogP contribution in [0.15, 0.2) is 66.4 Å². The highest BCUT2D eigenvalue weighted by molar-refractivity contribution is 5.97. The van der Waals surface area contributed by atoms with Gasteiger partial charge in [0, 0.05) is 25.0 Å². The minimum Gasteiger partial charge on any atom is -0.497 e. The van der Waals surface area contributed by atoms with Crippen LogP contribution in [0.2, 0.25) is 0 Å². The first kappa shape index (κ1) is 19.5. The van der Waals surface area contributed by atoms with Crippen molar-refractivity contribution in [1.29, 1.82) is 5.26 Å². The number of piperidine rings is 1.